The number of carbonyl (C=O) groups is 1. The van der Waals surface area contributed by atoms with Gasteiger partial charge in [0.15, 0.2) is 0 Å². The molecule has 2 bridgehead atoms. The molecule has 2 N–H and O–H groups in total. The van der Waals surface area contributed by atoms with Crippen molar-refractivity contribution < 1.29 is 9.53 Å². The number of amides is 1. The minimum absolute atomic E-state index is 0. The Kier molecular flexibility index (Phi) is 6.34. The highest BCUT2D eigenvalue weighted by Gasteiger charge is 2.38. The highest BCUT2D eigenvalue weighted by molar-refractivity contribution is 5.85. The maximum atomic E-state index is 13.1. The number of para-hydroxylation sites is 1. The van der Waals surface area contributed by atoms with Crippen LogP contribution in [0.4, 0.5) is 0 Å². The average molecular weight is 392 g/mol. The molecule has 4 rings (SSSR count). The number of hydrogen-bond donors (Lipinski definition) is 2. The third-order valence-electron chi connectivity index (χ3n) is 5.46. The molecule has 0 saturated carbocycles. The molecule has 1 amide bonds. The summed E-state index contributed by atoms with van der Waals surface area (Å²) in [5.74, 6) is 0.934. The van der Waals surface area contributed by atoms with E-state index in [1.807, 2.05) is 35.1 Å². The molecule has 27 heavy (non-hydrogen) atoms. The van der Waals surface area contributed by atoms with Crippen LogP contribution in [0.5, 0.6) is 5.75 Å². The molecular formula is C19H26ClN5O2. The van der Waals surface area contributed by atoms with E-state index in [0.29, 0.717) is 13.2 Å². The fourth-order valence-electron chi connectivity index (χ4n) is 3.89. The van der Waals surface area contributed by atoms with E-state index in [9.17, 15) is 4.79 Å². The summed E-state index contributed by atoms with van der Waals surface area (Å²) in [5.41, 5.74) is 1.50. The lowest BCUT2D eigenvalue weighted by Gasteiger charge is -2.36. The number of ether oxygens (including phenoxy) is 1. The van der Waals surface area contributed by atoms with Gasteiger partial charge in [-0.3, -0.25) is 9.48 Å². The third kappa shape index (κ3) is 4.42. The van der Waals surface area contributed by atoms with Crippen LogP contribution in [0.1, 0.15) is 36.9 Å². The van der Waals surface area contributed by atoms with Gasteiger partial charge in [0.05, 0.1) is 11.6 Å². The first-order chi connectivity index (χ1) is 12.8. The van der Waals surface area contributed by atoms with Crippen LogP contribution in [-0.4, -0.2) is 34.0 Å². The predicted molar refractivity (Wildman–Crippen MR) is 104 cm³/mol. The lowest BCUT2D eigenvalue weighted by Crippen LogP contribution is -2.47. The smallest absolute Gasteiger partial charge is 0.226 e. The molecule has 146 valence electrons. The lowest BCUT2D eigenvalue weighted by atomic mass is 9.74. The zero-order valence-corrected chi connectivity index (χ0v) is 16.1. The van der Waals surface area contributed by atoms with Gasteiger partial charge in [0.1, 0.15) is 18.1 Å². The van der Waals surface area contributed by atoms with E-state index in [1.165, 1.54) is 0 Å². The summed E-state index contributed by atoms with van der Waals surface area (Å²) in [5, 5.41) is 14.9. The van der Waals surface area contributed by atoms with E-state index in [-0.39, 0.29) is 23.7 Å². The van der Waals surface area contributed by atoms with Gasteiger partial charge in [-0.2, -0.15) is 0 Å². The van der Waals surface area contributed by atoms with Crippen LogP contribution >= 0.6 is 12.4 Å². The van der Waals surface area contributed by atoms with Crippen LogP contribution in [0.25, 0.3) is 0 Å². The fourth-order valence-corrected chi connectivity index (χ4v) is 3.89. The second-order valence-corrected chi connectivity index (χ2v) is 7.19. The number of nitrogens with zero attached hydrogens (tertiary/aromatic N) is 3. The van der Waals surface area contributed by atoms with E-state index in [2.05, 4.69) is 20.9 Å². The number of halogens is 1. The van der Waals surface area contributed by atoms with Gasteiger partial charge in [-0.05, 0) is 44.8 Å². The highest BCUT2D eigenvalue weighted by Crippen LogP contribution is 2.35. The summed E-state index contributed by atoms with van der Waals surface area (Å²) < 4.78 is 7.78. The topological polar surface area (TPSA) is 81.1 Å². The summed E-state index contributed by atoms with van der Waals surface area (Å²) in [6, 6.07) is 7.83. The van der Waals surface area contributed by atoms with Crippen molar-refractivity contribution in [3.8, 4) is 5.75 Å². The molecule has 1 saturated heterocycles. The van der Waals surface area contributed by atoms with E-state index in [1.54, 1.807) is 0 Å². The van der Waals surface area contributed by atoms with Crippen molar-refractivity contribution >= 4 is 18.3 Å². The van der Waals surface area contributed by atoms with Crippen molar-refractivity contribution in [2.45, 2.75) is 45.4 Å². The van der Waals surface area contributed by atoms with Gasteiger partial charge in [-0.25, -0.2) is 0 Å². The Morgan fingerprint density at radius 3 is 2.81 bits per heavy atom. The van der Waals surface area contributed by atoms with Crippen molar-refractivity contribution in [1.29, 1.82) is 0 Å². The number of hydrogen-bond acceptors (Lipinski definition) is 5. The van der Waals surface area contributed by atoms with Crippen molar-refractivity contribution in [2.24, 2.45) is 5.41 Å². The molecule has 0 aliphatic carbocycles. The number of aromatic nitrogens is 3. The Morgan fingerprint density at radius 1 is 1.15 bits per heavy atom. The normalized spacial score (nSPS) is 19.8. The Bertz CT molecular complexity index is 773. The minimum atomic E-state index is -0.297. The molecule has 1 aromatic carbocycles. The van der Waals surface area contributed by atoms with Crippen LogP contribution in [0.15, 0.2) is 30.5 Å². The molecule has 1 spiro atoms. The maximum Gasteiger partial charge on any atom is 0.226 e. The van der Waals surface area contributed by atoms with Gasteiger partial charge in [0, 0.05) is 18.7 Å². The largest absolute Gasteiger partial charge is 0.487 e. The molecule has 7 nitrogen and oxygen atoms in total. The van der Waals surface area contributed by atoms with Gasteiger partial charge in [-0.1, -0.05) is 23.4 Å². The summed E-state index contributed by atoms with van der Waals surface area (Å²) in [7, 11) is 0. The Balaban J connectivity index is 0.00000210. The lowest BCUT2D eigenvalue weighted by molar-refractivity contribution is -0.133. The molecule has 8 heteroatoms. The summed E-state index contributed by atoms with van der Waals surface area (Å²) in [4.78, 5) is 13.1. The zero-order valence-electron chi connectivity index (χ0n) is 15.3. The molecule has 2 aliphatic rings. The quantitative estimate of drug-likeness (QED) is 0.718. The second-order valence-electron chi connectivity index (χ2n) is 7.19. The van der Waals surface area contributed by atoms with Crippen molar-refractivity contribution in [3.05, 3.63) is 41.7 Å². The number of rotatable bonds is 0. The predicted octanol–water partition coefficient (Wildman–Crippen LogP) is 2.06. The standard InChI is InChI=1S/C19H25N5O2.ClH/c25-18-19(7-9-20-10-8-19)6-3-11-24-13-16(22-23-24)14-26-17-5-2-1-4-15(17)12-21-18;/h1-2,4-5,13,20H,3,6-12,14H2,(H,21,25);1H. The Morgan fingerprint density at radius 2 is 1.96 bits per heavy atom. The Labute approximate surface area is 165 Å². The SMILES string of the molecule is Cl.O=C1NCc2ccccc2OCc2cn(nn2)CCCC12CCNCC2. The molecule has 0 atom stereocenters. The van der Waals surface area contributed by atoms with Gasteiger partial charge in [0.2, 0.25) is 5.91 Å². The molecule has 0 unspecified atom stereocenters. The van der Waals surface area contributed by atoms with Crippen molar-refractivity contribution in [3.63, 3.8) is 0 Å². The summed E-state index contributed by atoms with van der Waals surface area (Å²) in [6.45, 7) is 3.41. The van der Waals surface area contributed by atoms with Crippen LogP contribution < -0.4 is 15.4 Å². The second kappa shape index (κ2) is 8.71. The third-order valence-corrected chi connectivity index (χ3v) is 5.46. The van der Waals surface area contributed by atoms with Gasteiger partial charge >= 0.3 is 0 Å². The van der Waals surface area contributed by atoms with Gasteiger partial charge in [0.25, 0.3) is 0 Å². The number of carbonyl (C=O) groups excluding carboxylic acids is 1. The summed E-state index contributed by atoms with van der Waals surface area (Å²) >= 11 is 0. The molecule has 0 radical (unpaired) electrons. The molecule has 1 aromatic heterocycles. The highest BCUT2D eigenvalue weighted by atomic mass is 35.5. The molecule has 2 aromatic rings. The molecule has 1 fully saturated rings. The van der Waals surface area contributed by atoms with E-state index < -0.39 is 0 Å². The van der Waals surface area contributed by atoms with Gasteiger partial charge in [-0.15, -0.1) is 17.5 Å². The van der Waals surface area contributed by atoms with E-state index in [0.717, 1.165) is 62.3 Å². The number of aryl methyl sites for hydroxylation is 1. The first kappa shape index (κ1) is 19.6. The first-order valence-corrected chi connectivity index (χ1v) is 9.34. The molecular weight excluding hydrogens is 366 g/mol. The van der Waals surface area contributed by atoms with Crippen LogP contribution in [0, 0.1) is 5.41 Å². The fraction of sp³-hybridized carbons (Fsp3) is 0.526. The Hall–Kier alpha value is -2.12. The van der Waals surface area contributed by atoms with Gasteiger partial charge < -0.3 is 15.4 Å². The van der Waals surface area contributed by atoms with Crippen molar-refractivity contribution in [2.75, 3.05) is 13.1 Å². The van der Waals surface area contributed by atoms with Crippen LogP contribution in [0.3, 0.4) is 0 Å². The average Bonchev–Trinajstić information content (AvgIpc) is 3.13. The van der Waals surface area contributed by atoms with Crippen LogP contribution in [-0.2, 0) is 24.5 Å². The molecule has 3 heterocycles. The monoisotopic (exact) mass is 391 g/mol. The zero-order chi connectivity index (χ0) is 17.8. The van der Waals surface area contributed by atoms with E-state index >= 15 is 0 Å². The first-order valence-electron chi connectivity index (χ1n) is 9.34. The minimum Gasteiger partial charge on any atom is -0.487 e. The van der Waals surface area contributed by atoms with Crippen LogP contribution in [0.2, 0.25) is 0 Å². The number of benzene rings is 1. The van der Waals surface area contributed by atoms with E-state index in [4.69, 9.17) is 4.74 Å². The number of fused-ring (bicyclic) bond motifs is 3. The maximum absolute atomic E-state index is 13.1. The molecule has 2 aliphatic heterocycles. The van der Waals surface area contributed by atoms with Crippen molar-refractivity contribution in [1.82, 2.24) is 25.6 Å². The summed E-state index contributed by atoms with van der Waals surface area (Å²) in [6.07, 6.45) is 5.46. The number of nitrogens with one attached hydrogen (secondary N) is 2. The number of piperidine rings is 1.